The predicted molar refractivity (Wildman–Crippen MR) is 136 cm³/mol. The van der Waals surface area contributed by atoms with Crippen LogP contribution in [0.4, 0.5) is 11.4 Å². The molecule has 0 atom stereocenters. The molecule has 5 nitrogen and oxygen atoms in total. The SMILES string of the molecule is S=C(Nc1ccncc1)Nc1ccc2nc3c4ccccc4c4ccccc4c3nc2c1. The second kappa shape index (κ2) is 7.51. The van der Waals surface area contributed by atoms with Gasteiger partial charge in [-0.3, -0.25) is 4.98 Å². The summed E-state index contributed by atoms with van der Waals surface area (Å²) in [4.78, 5) is 14.0. The molecule has 32 heavy (non-hydrogen) atoms. The number of benzene rings is 4. The Hall–Kier alpha value is -4.16. The van der Waals surface area contributed by atoms with Crippen LogP contribution in [0, 0.1) is 0 Å². The van der Waals surface area contributed by atoms with Crippen LogP contribution in [-0.4, -0.2) is 20.1 Å². The highest BCUT2D eigenvalue weighted by molar-refractivity contribution is 7.80. The zero-order valence-electron chi connectivity index (χ0n) is 16.9. The second-order valence-electron chi connectivity index (χ2n) is 7.53. The number of thiocarbonyl (C=S) groups is 1. The van der Waals surface area contributed by atoms with Gasteiger partial charge in [-0.25, -0.2) is 9.97 Å². The van der Waals surface area contributed by atoms with Gasteiger partial charge in [0.25, 0.3) is 0 Å². The van der Waals surface area contributed by atoms with Gasteiger partial charge in [0, 0.05) is 34.5 Å². The first-order valence-corrected chi connectivity index (χ1v) is 10.7. The van der Waals surface area contributed by atoms with Crippen molar-refractivity contribution in [1.82, 2.24) is 15.0 Å². The third-order valence-electron chi connectivity index (χ3n) is 5.51. The molecule has 0 spiro atoms. The van der Waals surface area contributed by atoms with Crippen molar-refractivity contribution < 1.29 is 0 Å². The van der Waals surface area contributed by atoms with E-state index in [1.165, 1.54) is 10.8 Å². The lowest BCUT2D eigenvalue weighted by Gasteiger charge is -2.12. The third kappa shape index (κ3) is 3.18. The summed E-state index contributed by atoms with van der Waals surface area (Å²) in [7, 11) is 0. The van der Waals surface area contributed by atoms with Crippen LogP contribution in [-0.2, 0) is 0 Å². The molecule has 0 unspecified atom stereocenters. The molecule has 6 heteroatoms. The van der Waals surface area contributed by atoms with Crippen LogP contribution in [0.1, 0.15) is 0 Å². The number of pyridine rings is 1. The van der Waals surface area contributed by atoms with Gasteiger partial charge in [-0.2, -0.15) is 0 Å². The number of aromatic nitrogens is 3. The van der Waals surface area contributed by atoms with Crippen molar-refractivity contribution in [1.29, 1.82) is 0 Å². The fourth-order valence-corrected chi connectivity index (χ4v) is 4.32. The molecular weight excluding hydrogens is 414 g/mol. The van der Waals surface area contributed by atoms with E-state index in [1.54, 1.807) is 12.4 Å². The average Bonchev–Trinajstić information content (AvgIpc) is 2.84. The zero-order chi connectivity index (χ0) is 21.5. The standard InChI is InChI=1S/C26H17N5S/c32-26(28-16-11-13-27-14-12-16)29-17-9-10-22-23(15-17)31-25-21-8-4-2-6-19(21)18-5-1-3-7-20(18)24(25)30-22/h1-15H,(H2,27,28,29,32). The van der Waals surface area contributed by atoms with Gasteiger partial charge < -0.3 is 10.6 Å². The highest BCUT2D eigenvalue weighted by Crippen LogP contribution is 2.34. The molecule has 152 valence electrons. The van der Waals surface area contributed by atoms with Crippen LogP contribution in [0.5, 0.6) is 0 Å². The van der Waals surface area contributed by atoms with Gasteiger partial charge in [0.05, 0.1) is 22.1 Å². The molecule has 0 fully saturated rings. The van der Waals surface area contributed by atoms with Crippen LogP contribution in [0.2, 0.25) is 0 Å². The quantitative estimate of drug-likeness (QED) is 0.191. The lowest BCUT2D eigenvalue weighted by Crippen LogP contribution is -2.19. The van der Waals surface area contributed by atoms with Gasteiger partial charge in [0.15, 0.2) is 5.11 Å². The Bertz CT molecular complexity index is 1650. The molecule has 2 N–H and O–H groups in total. The monoisotopic (exact) mass is 431 g/mol. The number of fused-ring (bicyclic) bond motifs is 7. The highest BCUT2D eigenvalue weighted by atomic mass is 32.1. The van der Waals surface area contributed by atoms with Crippen molar-refractivity contribution in [3.8, 4) is 0 Å². The van der Waals surface area contributed by atoms with Crippen molar-refractivity contribution in [2.45, 2.75) is 0 Å². The Kier molecular flexibility index (Phi) is 4.37. The summed E-state index contributed by atoms with van der Waals surface area (Å²) < 4.78 is 0. The molecule has 4 aromatic carbocycles. The first-order valence-electron chi connectivity index (χ1n) is 10.3. The molecule has 0 amide bonds. The summed E-state index contributed by atoms with van der Waals surface area (Å²) in [5.41, 5.74) is 5.21. The van der Waals surface area contributed by atoms with E-state index >= 15 is 0 Å². The van der Waals surface area contributed by atoms with E-state index in [0.717, 1.165) is 44.2 Å². The second-order valence-corrected chi connectivity index (χ2v) is 7.94. The Labute approximate surface area is 189 Å². The molecule has 0 aliphatic heterocycles. The van der Waals surface area contributed by atoms with Gasteiger partial charge in [-0.05, 0) is 53.3 Å². The van der Waals surface area contributed by atoms with Gasteiger partial charge >= 0.3 is 0 Å². The van der Waals surface area contributed by atoms with Crippen LogP contribution in [0.15, 0.2) is 91.3 Å². The van der Waals surface area contributed by atoms with E-state index in [0.29, 0.717) is 5.11 Å². The molecule has 2 aromatic heterocycles. The maximum Gasteiger partial charge on any atom is 0.175 e. The molecule has 0 aliphatic carbocycles. The first-order chi connectivity index (χ1) is 15.8. The van der Waals surface area contributed by atoms with E-state index in [-0.39, 0.29) is 0 Å². The first kappa shape index (κ1) is 18.6. The number of anilines is 2. The van der Waals surface area contributed by atoms with E-state index in [1.807, 2.05) is 42.5 Å². The number of hydrogen-bond donors (Lipinski definition) is 2. The number of rotatable bonds is 2. The molecule has 6 rings (SSSR count). The van der Waals surface area contributed by atoms with Crippen molar-refractivity contribution in [3.05, 3.63) is 91.3 Å². The number of nitrogens with one attached hydrogen (secondary N) is 2. The van der Waals surface area contributed by atoms with Gasteiger partial charge in [-0.15, -0.1) is 0 Å². The lowest BCUT2D eigenvalue weighted by atomic mass is 9.99. The molecule has 0 radical (unpaired) electrons. The largest absolute Gasteiger partial charge is 0.332 e. The molecule has 0 saturated heterocycles. The fourth-order valence-electron chi connectivity index (χ4n) is 4.09. The van der Waals surface area contributed by atoms with Crippen molar-refractivity contribution in [2.75, 3.05) is 10.6 Å². The summed E-state index contributed by atoms with van der Waals surface area (Å²) in [6.45, 7) is 0. The third-order valence-corrected chi connectivity index (χ3v) is 5.72. The maximum absolute atomic E-state index is 5.46. The van der Waals surface area contributed by atoms with Crippen molar-refractivity contribution in [3.63, 3.8) is 0 Å². The van der Waals surface area contributed by atoms with E-state index in [9.17, 15) is 0 Å². The van der Waals surface area contributed by atoms with E-state index in [4.69, 9.17) is 22.2 Å². The smallest absolute Gasteiger partial charge is 0.175 e. The Morgan fingerprint density at radius 3 is 1.81 bits per heavy atom. The van der Waals surface area contributed by atoms with E-state index in [2.05, 4.69) is 52.0 Å². The molecule has 6 aromatic rings. The number of nitrogens with zero attached hydrogens (tertiary/aromatic N) is 3. The van der Waals surface area contributed by atoms with Crippen LogP contribution >= 0.6 is 12.2 Å². The minimum Gasteiger partial charge on any atom is -0.332 e. The molecule has 2 heterocycles. The summed E-state index contributed by atoms with van der Waals surface area (Å²) in [5, 5.41) is 11.5. The van der Waals surface area contributed by atoms with Crippen LogP contribution in [0.25, 0.3) is 43.6 Å². The summed E-state index contributed by atoms with van der Waals surface area (Å²) in [5.74, 6) is 0. The normalized spacial score (nSPS) is 11.2. The molecule has 0 bridgehead atoms. The average molecular weight is 432 g/mol. The number of hydrogen-bond acceptors (Lipinski definition) is 4. The van der Waals surface area contributed by atoms with Gasteiger partial charge in [-0.1, -0.05) is 48.5 Å². The topological polar surface area (TPSA) is 62.7 Å². The van der Waals surface area contributed by atoms with E-state index < -0.39 is 0 Å². The Morgan fingerprint density at radius 1 is 0.594 bits per heavy atom. The molecular formula is C26H17N5S. The fraction of sp³-hybridized carbons (Fsp3) is 0. The zero-order valence-corrected chi connectivity index (χ0v) is 17.7. The minimum atomic E-state index is 0.501. The summed E-state index contributed by atoms with van der Waals surface area (Å²) >= 11 is 5.46. The Morgan fingerprint density at radius 2 is 1.16 bits per heavy atom. The lowest BCUT2D eigenvalue weighted by molar-refractivity contribution is 1.33. The van der Waals surface area contributed by atoms with Gasteiger partial charge in [0.1, 0.15) is 0 Å². The van der Waals surface area contributed by atoms with Crippen molar-refractivity contribution in [2.24, 2.45) is 0 Å². The van der Waals surface area contributed by atoms with Crippen molar-refractivity contribution >= 4 is 72.3 Å². The van der Waals surface area contributed by atoms with Gasteiger partial charge in [0.2, 0.25) is 0 Å². The molecule has 0 saturated carbocycles. The maximum atomic E-state index is 5.46. The van der Waals surface area contributed by atoms with Crippen LogP contribution in [0.3, 0.4) is 0 Å². The highest BCUT2D eigenvalue weighted by Gasteiger charge is 2.12. The summed E-state index contributed by atoms with van der Waals surface area (Å²) in [6.07, 6.45) is 3.44. The molecule has 0 aliphatic rings. The summed E-state index contributed by atoms with van der Waals surface area (Å²) in [6, 6.07) is 26.4. The van der Waals surface area contributed by atoms with Crippen LogP contribution < -0.4 is 10.6 Å². The minimum absolute atomic E-state index is 0.501. The predicted octanol–water partition coefficient (Wildman–Crippen LogP) is 6.29. The Balaban J connectivity index is 1.47.